The molecule has 4 rings (SSSR count). The van der Waals surface area contributed by atoms with Gasteiger partial charge in [-0.1, -0.05) is 18.2 Å². The van der Waals surface area contributed by atoms with Crippen LogP contribution in [-0.4, -0.2) is 38.3 Å². The van der Waals surface area contributed by atoms with Gasteiger partial charge >= 0.3 is 0 Å². The molecule has 3 atom stereocenters. The lowest BCUT2D eigenvalue weighted by atomic mass is 9.93. The van der Waals surface area contributed by atoms with Gasteiger partial charge in [-0.15, -0.1) is 0 Å². The van der Waals surface area contributed by atoms with Gasteiger partial charge in [0.05, 0.1) is 26.4 Å². The lowest BCUT2D eigenvalue weighted by Gasteiger charge is -2.36. The van der Waals surface area contributed by atoms with E-state index < -0.39 is 6.29 Å². The molecule has 1 fully saturated rings. The lowest BCUT2D eigenvalue weighted by molar-refractivity contribution is -0.248. The Labute approximate surface area is 152 Å². The quantitative estimate of drug-likeness (QED) is 0.886. The Morgan fingerprint density at radius 1 is 1.08 bits per heavy atom. The van der Waals surface area contributed by atoms with E-state index >= 15 is 0 Å². The average molecular weight is 358 g/mol. The first-order valence-electron chi connectivity index (χ1n) is 8.67. The molecule has 0 aromatic heterocycles. The number of methoxy groups -OCH3 is 1. The Balaban J connectivity index is 1.42. The van der Waals surface area contributed by atoms with Crippen molar-refractivity contribution in [2.24, 2.45) is 5.92 Å². The standard InChI is InChI=1S/C20H22O6/c1-22-16-5-3-14(4-6-16)20-23-11-15(19(10-21)26-20)8-13-2-7-17-18(9-13)25-12-24-17/h2-7,9,15,19-21H,8,10-12H2,1H3/t15-,19+,20?/m0/s1. The van der Waals surface area contributed by atoms with Gasteiger partial charge in [-0.3, -0.25) is 0 Å². The number of hydrogen-bond acceptors (Lipinski definition) is 6. The molecular formula is C20H22O6. The van der Waals surface area contributed by atoms with Gasteiger partial charge < -0.3 is 28.8 Å². The van der Waals surface area contributed by atoms with Crippen molar-refractivity contribution in [3.05, 3.63) is 53.6 Å². The summed E-state index contributed by atoms with van der Waals surface area (Å²) < 4.78 is 27.9. The third-order valence-electron chi connectivity index (χ3n) is 4.79. The second-order valence-electron chi connectivity index (χ2n) is 6.45. The van der Waals surface area contributed by atoms with Gasteiger partial charge in [-0.05, 0) is 36.2 Å². The predicted octanol–water partition coefficient (Wildman–Crippen LogP) is 2.69. The molecule has 1 unspecified atom stereocenters. The largest absolute Gasteiger partial charge is 0.497 e. The molecule has 26 heavy (non-hydrogen) atoms. The molecule has 0 aliphatic carbocycles. The van der Waals surface area contributed by atoms with E-state index in [2.05, 4.69) is 0 Å². The Hall–Kier alpha value is -2.28. The first kappa shape index (κ1) is 17.1. The fourth-order valence-corrected chi connectivity index (χ4v) is 3.32. The highest BCUT2D eigenvalue weighted by molar-refractivity contribution is 5.44. The van der Waals surface area contributed by atoms with E-state index in [1.807, 2.05) is 42.5 Å². The van der Waals surface area contributed by atoms with E-state index in [9.17, 15) is 5.11 Å². The van der Waals surface area contributed by atoms with Crippen molar-refractivity contribution in [3.8, 4) is 17.2 Å². The minimum atomic E-state index is -0.480. The average Bonchev–Trinajstić information content (AvgIpc) is 3.16. The molecule has 1 N–H and O–H groups in total. The first-order chi connectivity index (χ1) is 12.8. The fourth-order valence-electron chi connectivity index (χ4n) is 3.32. The summed E-state index contributed by atoms with van der Waals surface area (Å²) in [6.07, 6.45) is -0.0377. The minimum absolute atomic E-state index is 0.0504. The molecule has 0 amide bonds. The summed E-state index contributed by atoms with van der Waals surface area (Å²) in [6.45, 7) is 0.721. The summed E-state index contributed by atoms with van der Waals surface area (Å²) in [5.41, 5.74) is 2.01. The van der Waals surface area contributed by atoms with E-state index in [1.165, 1.54) is 0 Å². The maximum Gasteiger partial charge on any atom is 0.231 e. The smallest absolute Gasteiger partial charge is 0.231 e. The van der Waals surface area contributed by atoms with E-state index in [0.717, 1.165) is 34.8 Å². The van der Waals surface area contributed by atoms with E-state index in [1.54, 1.807) is 7.11 Å². The molecule has 0 bridgehead atoms. The Kier molecular flexibility index (Phi) is 4.97. The molecular weight excluding hydrogens is 336 g/mol. The third-order valence-corrected chi connectivity index (χ3v) is 4.79. The van der Waals surface area contributed by atoms with Gasteiger partial charge in [0.2, 0.25) is 6.79 Å². The van der Waals surface area contributed by atoms with Crippen LogP contribution in [0.1, 0.15) is 17.4 Å². The zero-order valence-corrected chi connectivity index (χ0v) is 14.6. The molecule has 2 heterocycles. The van der Waals surface area contributed by atoms with Gasteiger partial charge in [0.1, 0.15) is 5.75 Å². The number of hydrogen-bond donors (Lipinski definition) is 1. The highest BCUT2D eigenvalue weighted by Crippen LogP contribution is 2.35. The molecule has 6 heteroatoms. The Morgan fingerprint density at radius 2 is 1.88 bits per heavy atom. The summed E-state index contributed by atoms with van der Waals surface area (Å²) in [7, 11) is 1.63. The van der Waals surface area contributed by atoms with E-state index in [4.69, 9.17) is 23.7 Å². The van der Waals surface area contributed by atoms with E-state index in [0.29, 0.717) is 6.61 Å². The number of ether oxygens (including phenoxy) is 5. The fraction of sp³-hybridized carbons (Fsp3) is 0.400. The number of aliphatic hydroxyl groups excluding tert-OH is 1. The lowest BCUT2D eigenvalue weighted by Crippen LogP contribution is -2.39. The highest BCUT2D eigenvalue weighted by Gasteiger charge is 2.32. The van der Waals surface area contributed by atoms with Crippen LogP contribution in [0.25, 0.3) is 0 Å². The topological polar surface area (TPSA) is 66.4 Å². The van der Waals surface area contributed by atoms with Crippen LogP contribution in [0.3, 0.4) is 0 Å². The third kappa shape index (κ3) is 3.49. The summed E-state index contributed by atoms with van der Waals surface area (Å²) in [5.74, 6) is 2.37. The van der Waals surface area contributed by atoms with Crippen molar-refractivity contribution in [2.45, 2.75) is 18.8 Å². The van der Waals surface area contributed by atoms with Crippen LogP contribution in [0.5, 0.6) is 17.2 Å². The van der Waals surface area contributed by atoms with Crippen LogP contribution in [0, 0.1) is 5.92 Å². The zero-order valence-electron chi connectivity index (χ0n) is 14.6. The summed E-state index contributed by atoms with van der Waals surface area (Å²) >= 11 is 0. The Bertz CT molecular complexity index is 744. The second-order valence-corrected chi connectivity index (χ2v) is 6.45. The van der Waals surface area contributed by atoms with Gasteiger partial charge in [-0.2, -0.15) is 0 Å². The van der Waals surface area contributed by atoms with Crippen LogP contribution < -0.4 is 14.2 Å². The van der Waals surface area contributed by atoms with Crippen molar-refractivity contribution in [3.63, 3.8) is 0 Å². The van der Waals surface area contributed by atoms with Crippen molar-refractivity contribution >= 4 is 0 Å². The zero-order chi connectivity index (χ0) is 17.9. The molecule has 138 valence electrons. The van der Waals surface area contributed by atoms with E-state index in [-0.39, 0.29) is 25.4 Å². The molecule has 0 saturated carbocycles. The Morgan fingerprint density at radius 3 is 2.65 bits per heavy atom. The SMILES string of the molecule is COc1ccc(C2OC[C@H](Cc3ccc4c(c3)OCO4)[C@@H](CO)O2)cc1. The number of aliphatic hydroxyl groups is 1. The van der Waals surface area contributed by atoms with Gasteiger partial charge in [-0.25, -0.2) is 0 Å². The molecule has 1 saturated heterocycles. The normalized spacial score (nSPS) is 24.5. The van der Waals surface area contributed by atoms with Crippen LogP contribution in [0.2, 0.25) is 0 Å². The molecule has 6 nitrogen and oxygen atoms in total. The number of rotatable bonds is 5. The maximum atomic E-state index is 9.80. The number of benzene rings is 2. The minimum Gasteiger partial charge on any atom is -0.497 e. The molecule has 2 aliphatic rings. The summed E-state index contributed by atoms with van der Waals surface area (Å²) in [5, 5.41) is 9.80. The van der Waals surface area contributed by atoms with Crippen molar-refractivity contribution < 1.29 is 28.8 Å². The molecule has 2 aromatic carbocycles. The van der Waals surface area contributed by atoms with Crippen molar-refractivity contribution in [1.29, 1.82) is 0 Å². The second kappa shape index (κ2) is 7.53. The predicted molar refractivity (Wildman–Crippen MR) is 93.4 cm³/mol. The van der Waals surface area contributed by atoms with Crippen LogP contribution in [0.15, 0.2) is 42.5 Å². The van der Waals surface area contributed by atoms with Crippen LogP contribution in [-0.2, 0) is 15.9 Å². The molecule has 2 aliphatic heterocycles. The van der Waals surface area contributed by atoms with Gasteiger partial charge in [0.15, 0.2) is 17.8 Å². The first-order valence-corrected chi connectivity index (χ1v) is 8.67. The van der Waals surface area contributed by atoms with Gasteiger partial charge in [0, 0.05) is 11.5 Å². The number of fused-ring (bicyclic) bond motifs is 1. The maximum absolute atomic E-state index is 9.80. The monoisotopic (exact) mass is 358 g/mol. The molecule has 0 radical (unpaired) electrons. The van der Waals surface area contributed by atoms with Gasteiger partial charge in [0.25, 0.3) is 0 Å². The van der Waals surface area contributed by atoms with Crippen molar-refractivity contribution in [2.75, 3.05) is 27.1 Å². The molecule has 0 spiro atoms. The van der Waals surface area contributed by atoms with Crippen molar-refractivity contribution in [1.82, 2.24) is 0 Å². The highest BCUT2D eigenvalue weighted by atomic mass is 16.7. The summed E-state index contributed by atoms with van der Waals surface area (Å²) in [6, 6.07) is 13.5. The molecule has 2 aromatic rings. The van der Waals surface area contributed by atoms with Crippen LogP contribution in [0.4, 0.5) is 0 Å². The summed E-state index contributed by atoms with van der Waals surface area (Å²) in [4.78, 5) is 0. The van der Waals surface area contributed by atoms with Crippen LogP contribution >= 0.6 is 0 Å².